The van der Waals surface area contributed by atoms with Crippen LogP contribution < -0.4 is 4.90 Å². The number of nitrogens with zero attached hydrogens (tertiary/aromatic N) is 4. The average Bonchev–Trinajstić information content (AvgIpc) is 3.05. The summed E-state index contributed by atoms with van der Waals surface area (Å²) in [7, 11) is 1.67. The summed E-state index contributed by atoms with van der Waals surface area (Å²) in [4.78, 5) is 18.1. The lowest BCUT2D eigenvalue weighted by molar-refractivity contribution is -0.0102. The largest absolute Gasteiger partial charge is 0.382 e. The minimum absolute atomic E-state index is 0.0498. The summed E-state index contributed by atoms with van der Waals surface area (Å²) < 4.78 is 10.8. The average molecular weight is 302 g/mol. The number of nitrogens with one attached hydrogen (secondary N) is 2. The van der Waals surface area contributed by atoms with Gasteiger partial charge in [0.2, 0.25) is 0 Å². The van der Waals surface area contributed by atoms with Crippen LogP contribution in [0.25, 0.3) is 11.5 Å². The second-order valence-corrected chi connectivity index (χ2v) is 4.96. The lowest BCUT2D eigenvalue weighted by atomic mass is 10.3. The fourth-order valence-corrected chi connectivity index (χ4v) is 2.39. The van der Waals surface area contributed by atoms with Gasteiger partial charge in [-0.15, -0.1) is 0 Å². The van der Waals surface area contributed by atoms with Crippen molar-refractivity contribution in [2.24, 2.45) is 0 Å². The van der Waals surface area contributed by atoms with E-state index in [2.05, 4.69) is 24.8 Å². The highest BCUT2D eigenvalue weighted by molar-refractivity contribution is 5.72. The number of ether oxygens (including phenoxy) is 2. The number of H-pyrrole nitrogens is 1. The highest BCUT2D eigenvalue weighted by Crippen LogP contribution is 2.19. The molecule has 1 atom stereocenters. The van der Waals surface area contributed by atoms with E-state index in [0.29, 0.717) is 30.6 Å². The van der Waals surface area contributed by atoms with Gasteiger partial charge in [0.05, 0.1) is 31.7 Å². The van der Waals surface area contributed by atoms with Gasteiger partial charge in [0.15, 0.2) is 5.82 Å². The van der Waals surface area contributed by atoms with Crippen LogP contribution in [0.5, 0.6) is 0 Å². The molecule has 0 amide bonds. The van der Waals surface area contributed by atoms with E-state index in [1.165, 1.54) is 0 Å². The van der Waals surface area contributed by atoms with Gasteiger partial charge in [-0.05, 0) is 6.07 Å². The molecule has 22 heavy (non-hydrogen) atoms. The molecule has 116 valence electrons. The Hall–Kier alpha value is -2.32. The molecule has 0 spiro atoms. The van der Waals surface area contributed by atoms with E-state index in [0.717, 1.165) is 25.1 Å². The van der Waals surface area contributed by atoms with Gasteiger partial charge in [-0.25, -0.2) is 15.0 Å². The number of rotatable bonds is 5. The first-order valence-corrected chi connectivity index (χ1v) is 7.04. The van der Waals surface area contributed by atoms with Crippen LogP contribution in [-0.4, -0.2) is 65.7 Å². The summed E-state index contributed by atoms with van der Waals surface area (Å²) in [6.07, 6.45) is 4.56. The smallest absolute Gasteiger partial charge is 0.179 e. The maximum atomic E-state index is 7.19. The Balaban J connectivity index is 1.79. The van der Waals surface area contributed by atoms with Gasteiger partial charge in [0.25, 0.3) is 0 Å². The molecule has 1 aliphatic heterocycles. The van der Waals surface area contributed by atoms with Crippen molar-refractivity contribution < 1.29 is 9.47 Å². The van der Waals surface area contributed by atoms with E-state index in [1.807, 2.05) is 6.07 Å². The van der Waals surface area contributed by atoms with E-state index in [1.54, 1.807) is 19.5 Å². The van der Waals surface area contributed by atoms with Gasteiger partial charge in [0, 0.05) is 26.4 Å². The third-order valence-corrected chi connectivity index (χ3v) is 3.43. The molecule has 2 aromatic heterocycles. The lowest BCUT2D eigenvalue weighted by Crippen LogP contribution is -2.44. The number of morpholine rings is 1. The summed E-state index contributed by atoms with van der Waals surface area (Å²) in [6, 6.07) is 1.88. The molecule has 3 rings (SSSR count). The van der Waals surface area contributed by atoms with Crippen molar-refractivity contribution in [1.82, 2.24) is 19.9 Å². The molecule has 0 radical (unpaired) electrons. The zero-order chi connectivity index (χ0) is 15.4. The topological polar surface area (TPSA) is 100 Å². The second-order valence-electron chi connectivity index (χ2n) is 4.96. The van der Waals surface area contributed by atoms with Crippen LogP contribution in [0, 0.1) is 5.41 Å². The highest BCUT2D eigenvalue weighted by atomic mass is 16.5. The van der Waals surface area contributed by atoms with Gasteiger partial charge >= 0.3 is 0 Å². The quantitative estimate of drug-likeness (QED) is 0.789. The van der Waals surface area contributed by atoms with Crippen molar-refractivity contribution in [3.63, 3.8) is 0 Å². The van der Waals surface area contributed by atoms with Crippen molar-refractivity contribution in [1.29, 1.82) is 5.41 Å². The van der Waals surface area contributed by atoms with Crippen LogP contribution in [-0.2, 0) is 9.47 Å². The van der Waals surface area contributed by atoms with Crippen molar-refractivity contribution in [2.75, 3.05) is 38.3 Å². The molecule has 0 aliphatic carbocycles. The molecule has 1 fully saturated rings. The summed E-state index contributed by atoms with van der Waals surface area (Å²) in [5, 5.41) is 7.19. The lowest BCUT2D eigenvalue weighted by Gasteiger charge is -2.33. The van der Waals surface area contributed by atoms with Crippen molar-refractivity contribution in [2.45, 2.75) is 6.10 Å². The molecule has 3 heterocycles. The van der Waals surface area contributed by atoms with Crippen molar-refractivity contribution in [3.05, 3.63) is 24.3 Å². The molecule has 8 nitrogen and oxygen atoms in total. The number of anilines is 1. The summed E-state index contributed by atoms with van der Waals surface area (Å²) in [6.45, 7) is 2.73. The first kappa shape index (κ1) is 14.6. The van der Waals surface area contributed by atoms with Crippen LogP contribution in [0.2, 0.25) is 0 Å². The summed E-state index contributed by atoms with van der Waals surface area (Å²) in [5.74, 6) is 1.89. The first-order chi connectivity index (χ1) is 10.8. The number of aromatic nitrogens is 4. The minimum atomic E-state index is 0.0498. The van der Waals surface area contributed by atoms with Crippen LogP contribution in [0.15, 0.2) is 18.5 Å². The molecule has 8 heteroatoms. The molecule has 2 aromatic rings. The predicted octanol–water partition coefficient (Wildman–Crippen LogP) is 0.716. The van der Waals surface area contributed by atoms with E-state index in [-0.39, 0.29) is 6.10 Å². The molecule has 2 N–H and O–H groups in total. The SMILES string of the molecule is COCC1CN(c2ccnc(-c3cnc(C=N)[nH]3)n2)CCO1. The Kier molecular flexibility index (Phi) is 4.40. The van der Waals surface area contributed by atoms with Crippen LogP contribution in [0.4, 0.5) is 5.82 Å². The van der Waals surface area contributed by atoms with E-state index in [9.17, 15) is 0 Å². The van der Waals surface area contributed by atoms with Gasteiger partial charge < -0.3 is 24.8 Å². The van der Waals surface area contributed by atoms with Crippen LogP contribution in [0.3, 0.4) is 0 Å². The third-order valence-electron chi connectivity index (χ3n) is 3.43. The van der Waals surface area contributed by atoms with E-state index >= 15 is 0 Å². The summed E-state index contributed by atoms with van der Waals surface area (Å²) in [5.41, 5.74) is 0.696. The van der Waals surface area contributed by atoms with Gasteiger partial charge in [-0.1, -0.05) is 0 Å². The zero-order valence-corrected chi connectivity index (χ0v) is 12.3. The standard InChI is InChI=1S/C14H18N6O2/c1-21-9-10-8-20(4-5-22-10)13-2-3-16-14(19-13)11-7-17-12(6-15)18-11/h2-3,6-7,10,15H,4-5,8-9H2,1H3,(H,17,18). The number of hydrogen-bond donors (Lipinski definition) is 2. The Morgan fingerprint density at radius 2 is 2.45 bits per heavy atom. The normalized spacial score (nSPS) is 18.4. The molecule has 1 saturated heterocycles. The molecular weight excluding hydrogens is 284 g/mol. The maximum absolute atomic E-state index is 7.19. The van der Waals surface area contributed by atoms with Crippen LogP contribution in [0.1, 0.15) is 5.82 Å². The molecule has 1 aliphatic rings. The van der Waals surface area contributed by atoms with Crippen molar-refractivity contribution >= 4 is 12.0 Å². The molecule has 0 aromatic carbocycles. The second kappa shape index (κ2) is 6.63. The molecule has 1 unspecified atom stereocenters. The Labute approximate surface area is 128 Å². The number of imidazole rings is 1. The predicted molar refractivity (Wildman–Crippen MR) is 81.3 cm³/mol. The van der Waals surface area contributed by atoms with E-state index < -0.39 is 0 Å². The minimum Gasteiger partial charge on any atom is -0.382 e. The van der Waals surface area contributed by atoms with Gasteiger partial charge in [0.1, 0.15) is 17.3 Å². The molecule has 0 bridgehead atoms. The first-order valence-electron chi connectivity index (χ1n) is 7.04. The fraction of sp³-hybridized carbons (Fsp3) is 0.429. The van der Waals surface area contributed by atoms with Gasteiger partial charge in [-0.3, -0.25) is 0 Å². The van der Waals surface area contributed by atoms with E-state index in [4.69, 9.17) is 14.9 Å². The number of methoxy groups -OCH3 is 1. The van der Waals surface area contributed by atoms with Gasteiger partial charge in [-0.2, -0.15) is 0 Å². The Bertz CT molecular complexity index is 642. The molecule has 0 saturated carbocycles. The number of hydrogen-bond acceptors (Lipinski definition) is 7. The van der Waals surface area contributed by atoms with Crippen molar-refractivity contribution in [3.8, 4) is 11.5 Å². The Morgan fingerprint density at radius 3 is 3.23 bits per heavy atom. The third kappa shape index (κ3) is 3.12. The Morgan fingerprint density at radius 1 is 1.55 bits per heavy atom. The molecular formula is C14H18N6O2. The zero-order valence-electron chi connectivity index (χ0n) is 12.3. The summed E-state index contributed by atoms with van der Waals surface area (Å²) >= 11 is 0. The monoisotopic (exact) mass is 302 g/mol. The maximum Gasteiger partial charge on any atom is 0.179 e. The number of aromatic amines is 1. The fourth-order valence-electron chi connectivity index (χ4n) is 2.39. The highest BCUT2D eigenvalue weighted by Gasteiger charge is 2.22. The van der Waals surface area contributed by atoms with Crippen LogP contribution >= 0.6 is 0 Å².